The van der Waals surface area contributed by atoms with Crippen LogP contribution < -0.4 is 11.5 Å². The van der Waals surface area contributed by atoms with Gasteiger partial charge in [0.1, 0.15) is 6.29 Å². The molecule has 0 radical (unpaired) electrons. The Labute approximate surface area is 61.1 Å². The minimum atomic E-state index is -0.602. The molecule has 60 valence electrons. The van der Waals surface area contributed by atoms with E-state index in [9.17, 15) is 0 Å². The third-order valence-electron chi connectivity index (χ3n) is 1.20. The summed E-state index contributed by atoms with van der Waals surface area (Å²) in [6, 6.07) is 0. The molecule has 0 saturated carbocycles. The number of nitrogens with one attached hydrogen (secondary N) is 1. The van der Waals surface area contributed by atoms with Crippen molar-refractivity contribution in [1.82, 2.24) is 9.80 Å². The van der Waals surface area contributed by atoms with Gasteiger partial charge >= 0.3 is 0 Å². The first-order chi connectivity index (χ1) is 4.46. The van der Waals surface area contributed by atoms with Gasteiger partial charge in [-0.05, 0) is 0 Å². The Morgan fingerprint density at radius 1 is 1.30 bits per heavy atom. The predicted molar refractivity (Wildman–Crippen MR) is 41.3 cm³/mol. The van der Waals surface area contributed by atoms with E-state index in [-0.39, 0.29) is 0 Å². The maximum absolute atomic E-state index is 7.37. The fourth-order valence-electron chi connectivity index (χ4n) is 0.457. The van der Waals surface area contributed by atoms with E-state index in [2.05, 4.69) is 0 Å². The van der Waals surface area contributed by atoms with Crippen molar-refractivity contribution in [3.05, 3.63) is 0 Å². The number of guanidine groups is 1. The van der Waals surface area contributed by atoms with E-state index in [1.807, 2.05) is 0 Å². The van der Waals surface area contributed by atoms with Crippen LogP contribution in [0.3, 0.4) is 0 Å². The fraction of sp³-hybridized carbons (Fsp3) is 0.800. The molecule has 0 rings (SSSR count). The van der Waals surface area contributed by atoms with Crippen molar-refractivity contribution in [3.8, 4) is 0 Å². The van der Waals surface area contributed by atoms with Crippen LogP contribution in [-0.4, -0.2) is 43.2 Å². The molecule has 0 bridgehead atoms. The lowest BCUT2D eigenvalue weighted by atomic mass is 10.6. The van der Waals surface area contributed by atoms with Crippen molar-refractivity contribution >= 4 is 5.96 Å². The maximum atomic E-state index is 7.37. The lowest BCUT2D eigenvalue weighted by Gasteiger charge is -2.27. The van der Waals surface area contributed by atoms with Crippen LogP contribution in [0, 0.1) is 5.41 Å². The van der Waals surface area contributed by atoms with Gasteiger partial charge in [0.05, 0.1) is 0 Å². The van der Waals surface area contributed by atoms with Crippen LogP contribution in [0.4, 0.5) is 0 Å². The van der Waals surface area contributed by atoms with E-state index in [4.69, 9.17) is 16.9 Å². The molecular formula is C5H15N5. The number of hydrogen-bond donors (Lipinski definition) is 3. The van der Waals surface area contributed by atoms with E-state index >= 15 is 0 Å². The van der Waals surface area contributed by atoms with Gasteiger partial charge in [-0.2, -0.15) is 0 Å². The molecular weight excluding hydrogens is 130 g/mol. The third-order valence-corrected chi connectivity index (χ3v) is 1.20. The van der Waals surface area contributed by atoms with E-state index in [0.717, 1.165) is 0 Å². The molecule has 0 aromatic heterocycles. The van der Waals surface area contributed by atoms with E-state index < -0.39 is 6.29 Å². The molecule has 0 aliphatic heterocycles. The lowest BCUT2D eigenvalue weighted by molar-refractivity contribution is 0.337. The zero-order valence-electron chi connectivity index (χ0n) is 6.63. The highest BCUT2D eigenvalue weighted by Crippen LogP contribution is 1.87. The summed E-state index contributed by atoms with van der Waals surface area (Å²) in [6.07, 6.45) is -0.602. The van der Waals surface area contributed by atoms with Crippen molar-refractivity contribution in [2.24, 2.45) is 11.5 Å². The van der Waals surface area contributed by atoms with Crippen LogP contribution in [0.1, 0.15) is 0 Å². The highest BCUT2D eigenvalue weighted by Gasteiger charge is 2.08. The standard InChI is InChI=1S/C5H15N5/c1-9(2)5(8)10(3)4(6)7/h4,8H,6-7H2,1-3H3. The van der Waals surface area contributed by atoms with E-state index in [1.54, 1.807) is 26.0 Å². The molecule has 0 aromatic rings. The van der Waals surface area contributed by atoms with Gasteiger partial charge in [-0.15, -0.1) is 0 Å². The van der Waals surface area contributed by atoms with Gasteiger partial charge in [0, 0.05) is 21.1 Å². The predicted octanol–water partition coefficient (Wildman–Crippen LogP) is -1.38. The number of nitrogens with zero attached hydrogens (tertiary/aromatic N) is 2. The quantitative estimate of drug-likeness (QED) is 0.241. The van der Waals surface area contributed by atoms with Gasteiger partial charge in [-0.1, -0.05) is 0 Å². The zero-order chi connectivity index (χ0) is 8.31. The van der Waals surface area contributed by atoms with Gasteiger partial charge in [0.2, 0.25) is 0 Å². The van der Waals surface area contributed by atoms with Crippen LogP contribution in [-0.2, 0) is 0 Å². The van der Waals surface area contributed by atoms with Crippen molar-refractivity contribution in [3.63, 3.8) is 0 Å². The fourth-order valence-corrected chi connectivity index (χ4v) is 0.457. The molecule has 5 N–H and O–H groups in total. The first-order valence-corrected chi connectivity index (χ1v) is 2.96. The molecule has 0 spiro atoms. The van der Waals surface area contributed by atoms with Crippen molar-refractivity contribution < 1.29 is 0 Å². The molecule has 0 saturated heterocycles. The normalized spacial score (nSPS) is 9.80. The second kappa shape index (κ2) is 3.38. The Hall–Kier alpha value is -0.810. The van der Waals surface area contributed by atoms with Gasteiger partial charge < -0.3 is 9.80 Å². The van der Waals surface area contributed by atoms with Crippen LogP contribution >= 0.6 is 0 Å². The number of rotatable bonds is 1. The molecule has 5 heteroatoms. The van der Waals surface area contributed by atoms with Gasteiger partial charge in [0.15, 0.2) is 5.96 Å². The first-order valence-electron chi connectivity index (χ1n) is 2.96. The highest BCUT2D eigenvalue weighted by atomic mass is 15.4. The summed E-state index contributed by atoms with van der Waals surface area (Å²) < 4.78 is 0. The Morgan fingerprint density at radius 3 is 1.80 bits per heavy atom. The molecule has 10 heavy (non-hydrogen) atoms. The average Bonchev–Trinajstić information content (AvgIpc) is 1.84. The lowest BCUT2D eigenvalue weighted by Crippen LogP contribution is -2.52. The Bertz CT molecular complexity index is 119. The Balaban J connectivity index is 3.95. The van der Waals surface area contributed by atoms with Crippen molar-refractivity contribution in [2.75, 3.05) is 21.1 Å². The van der Waals surface area contributed by atoms with Crippen LogP contribution in [0.2, 0.25) is 0 Å². The second-order valence-corrected chi connectivity index (χ2v) is 2.32. The van der Waals surface area contributed by atoms with Gasteiger partial charge in [0.25, 0.3) is 0 Å². The number of hydrogen-bond acceptors (Lipinski definition) is 3. The summed E-state index contributed by atoms with van der Waals surface area (Å²) in [5, 5.41) is 7.37. The topological polar surface area (TPSA) is 82.4 Å². The van der Waals surface area contributed by atoms with Crippen LogP contribution in [0.25, 0.3) is 0 Å². The Kier molecular flexibility index (Phi) is 3.11. The molecule has 0 fully saturated rings. The molecule has 0 unspecified atom stereocenters. The van der Waals surface area contributed by atoms with Crippen LogP contribution in [0.15, 0.2) is 0 Å². The SMILES string of the molecule is CN(C)C(=N)N(C)C(N)N. The van der Waals surface area contributed by atoms with Crippen LogP contribution in [0.5, 0.6) is 0 Å². The molecule has 0 atom stereocenters. The van der Waals surface area contributed by atoms with Crippen molar-refractivity contribution in [1.29, 1.82) is 5.41 Å². The summed E-state index contributed by atoms with van der Waals surface area (Å²) in [4.78, 5) is 3.10. The minimum Gasteiger partial charge on any atom is -0.349 e. The molecule has 0 aromatic carbocycles. The largest absolute Gasteiger partial charge is 0.349 e. The summed E-state index contributed by atoms with van der Waals surface area (Å²) in [5.74, 6) is 0.301. The molecule has 0 aliphatic rings. The highest BCUT2D eigenvalue weighted by molar-refractivity contribution is 5.76. The molecule has 0 aliphatic carbocycles. The summed E-state index contributed by atoms with van der Waals surface area (Å²) in [6.45, 7) is 0. The maximum Gasteiger partial charge on any atom is 0.195 e. The van der Waals surface area contributed by atoms with E-state index in [0.29, 0.717) is 5.96 Å². The second-order valence-electron chi connectivity index (χ2n) is 2.32. The summed E-state index contributed by atoms with van der Waals surface area (Å²) in [7, 11) is 5.20. The van der Waals surface area contributed by atoms with Crippen molar-refractivity contribution in [2.45, 2.75) is 6.29 Å². The molecule has 5 nitrogen and oxygen atoms in total. The molecule has 0 amide bonds. The van der Waals surface area contributed by atoms with E-state index in [1.165, 1.54) is 4.90 Å². The summed E-state index contributed by atoms with van der Waals surface area (Å²) in [5.41, 5.74) is 10.6. The smallest absolute Gasteiger partial charge is 0.195 e. The first kappa shape index (κ1) is 9.19. The third kappa shape index (κ3) is 2.20. The monoisotopic (exact) mass is 145 g/mol. The van der Waals surface area contributed by atoms with Gasteiger partial charge in [-0.25, -0.2) is 0 Å². The van der Waals surface area contributed by atoms with Gasteiger partial charge in [-0.3, -0.25) is 16.9 Å². The average molecular weight is 145 g/mol. The minimum absolute atomic E-state index is 0.301. The number of nitrogens with two attached hydrogens (primary N) is 2. The Morgan fingerprint density at radius 2 is 1.70 bits per heavy atom. The molecule has 0 heterocycles. The zero-order valence-corrected chi connectivity index (χ0v) is 6.63. The summed E-state index contributed by atoms with van der Waals surface area (Å²) >= 11 is 0.